The summed E-state index contributed by atoms with van der Waals surface area (Å²) in [7, 11) is -3.47. The number of thiocarbonyl (C=S) groups is 1. The summed E-state index contributed by atoms with van der Waals surface area (Å²) < 4.78 is 27.1. The smallest absolute Gasteiger partial charge is 0.243 e. The molecular formula is C14H20N2O2S2. The van der Waals surface area contributed by atoms with Crippen LogP contribution in [0.2, 0.25) is 0 Å². The molecule has 20 heavy (non-hydrogen) atoms. The molecule has 1 atom stereocenters. The Morgan fingerprint density at radius 3 is 2.80 bits per heavy atom. The van der Waals surface area contributed by atoms with Crippen molar-refractivity contribution in [3.8, 4) is 0 Å². The highest BCUT2D eigenvalue weighted by atomic mass is 32.2. The minimum atomic E-state index is -3.47. The van der Waals surface area contributed by atoms with Gasteiger partial charge >= 0.3 is 0 Å². The zero-order chi connectivity index (χ0) is 14.8. The molecule has 1 aliphatic rings. The Morgan fingerprint density at radius 2 is 2.10 bits per heavy atom. The first kappa shape index (κ1) is 15.4. The highest BCUT2D eigenvalue weighted by Crippen LogP contribution is 2.25. The lowest BCUT2D eigenvalue weighted by molar-refractivity contribution is 0.342. The fraction of sp³-hybridized carbons (Fsp3) is 0.500. The predicted molar refractivity (Wildman–Crippen MR) is 84.2 cm³/mol. The van der Waals surface area contributed by atoms with Crippen LogP contribution in [0.5, 0.6) is 0 Å². The number of sulfonamides is 1. The lowest BCUT2D eigenvalue weighted by Gasteiger charge is -2.26. The van der Waals surface area contributed by atoms with Gasteiger partial charge in [-0.15, -0.1) is 0 Å². The van der Waals surface area contributed by atoms with Crippen molar-refractivity contribution in [2.75, 3.05) is 6.54 Å². The van der Waals surface area contributed by atoms with Crippen LogP contribution in [0.4, 0.5) is 0 Å². The summed E-state index contributed by atoms with van der Waals surface area (Å²) in [6.07, 6.45) is 4.00. The third-order valence-electron chi connectivity index (χ3n) is 3.72. The lowest BCUT2D eigenvalue weighted by Crippen LogP contribution is -2.38. The molecule has 0 aromatic heterocycles. The van der Waals surface area contributed by atoms with Gasteiger partial charge in [0, 0.05) is 18.2 Å². The number of rotatable bonds is 3. The Hall–Kier alpha value is -0.980. The summed E-state index contributed by atoms with van der Waals surface area (Å²) in [5.74, 6) is 0. The third-order valence-corrected chi connectivity index (χ3v) is 5.96. The molecule has 0 radical (unpaired) electrons. The molecule has 1 aliphatic heterocycles. The van der Waals surface area contributed by atoms with E-state index in [2.05, 4.69) is 0 Å². The SMILES string of the molecule is CC1CCCCCN1S(=O)(=O)c1cccc(C(N)=S)c1. The third kappa shape index (κ3) is 3.19. The summed E-state index contributed by atoms with van der Waals surface area (Å²) in [5.41, 5.74) is 6.17. The van der Waals surface area contributed by atoms with Crippen LogP contribution < -0.4 is 5.73 Å². The zero-order valence-corrected chi connectivity index (χ0v) is 13.2. The molecule has 2 N–H and O–H groups in total. The quantitative estimate of drug-likeness (QED) is 0.870. The van der Waals surface area contributed by atoms with Crippen LogP contribution >= 0.6 is 12.2 Å². The Morgan fingerprint density at radius 1 is 1.35 bits per heavy atom. The van der Waals surface area contributed by atoms with Gasteiger partial charge in [-0.05, 0) is 31.9 Å². The molecule has 1 fully saturated rings. The topological polar surface area (TPSA) is 63.4 Å². The minimum absolute atomic E-state index is 0.0379. The molecule has 0 spiro atoms. The minimum Gasteiger partial charge on any atom is -0.389 e. The second-order valence-corrected chi connectivity index (χ2v) is 7.54. The molecule has 1 saturated heterocycles. The molecule has 1 unspecified atom stereocenters. The average molecular weight is 312 g/mol. The van der Waals surface area contributed by atoms with Gasteiger partial charge in [0.25, 0.3) is 0 Å². The summed E-state index contributed by atoms with van der Waals surface area (Å²) >= 11 is 4.92. The van der Waals surface area contributed by atoms with Crippen molar-refractivity contribution in [2.24, 2.45) is 5.73 Å². The van der Waals surface area contributed by atoms with E-state index in [-0.39, 0.29) is 15.9 Å². The van der Waals surface area contributed by atoms with Crippen LogP contribution in [0.3, 0.4) is 0 Å². The zero-order valence-electron chi connectivity index (χ0n) is 11.6. The maximum Gasteiger partial charge on any atom is 0.243 e. The molecule has 1 aromatic carbocycles. The number of nitrogens with zero attached hydrogens (tertiary/aromatic N) is 1. The summed E-state index contributed by atoms with van der Waals surface area (Å²) in [4.78, 5) is 0.488. The van der Waals surface area contributed by atoms with Gasteiger partial charge in [-0.25, -0.2) is 8.42 Å². The Kier molecular flexibility index (Phi) is 4.78. The Balaban J connectivity index is 2.38. The fourth-order valence-corrected chi connectivity index (χ4v) is 4.42. The standard InChI is InChI=1S/C14H20N2O2S2/c1-11-6-3-2-4-9-16(11)20(17,18)13-8-5-7-12(10-13)14(15)19/h5,7-8,10-11H,2-4,6,9H2,1H3,(H2,15,19). The van der Waals surface area contributed by atoms with Gasteiger partial charge < -0.3 is 5.73 Å². The summed E-state index contributed by atoms with van der Waals surface area (Å²) in [5, 5.41) is 0. The molecule has 0 saturated carbocycles. The highest BCUT2D eigenvalue weighted by molar-refractivity contribution is 7.89. The second kappa shape index (κ2) is 6.20. The van der Waals surface area contributed by atoms with Gasteiger partial charge in [0.1, 0.15) is 4.99 Å². The van der Waals surface area contributed by atoms with Gasteiger partial charge in [0.15, 0.2) is 0 Å². The van der Waals surface area contributed by atoms with Gasteiger partial charge in [-0.1, -0.05) is 37.2 Å². The van der Waals surface area contributed by atoms with Crippen LogP contribution in [0.15, 0.2) is 29.2 Å². The van der Waals surface area contributed by atoms with Crippen LogP contribution in [0.1, 0.15) is 38.2 Å². The molecule has 110 valence electrons. The lowest BCUT2D eigenvalue weighted by atomic mass is 10.1. The monoisotopic (exact) mass is 312 g/mol. The number of hydrogen-bond acceptors (Lipinski definition) is 3. The second-order valence-electron chi connectivity index (χ2n) is 5.21. The number of hydrogen-bond donors (Lipinski definition) is 1. The Bertz CT molecular complexity index is 599. The van der Waals surface area contributed by atoms with Crippen molar-refractivity contribution in [3.63, 3.8) is 0 Å². The van der Waals surface area contributed by atoms with E-state index in [4.69, 9.17) is 18.0 Å². The van der Waals surface area contributed by atoms with Crippen molar-refractivity contribution in [1.29, 1.82) is 0 Å². The summed E-state index contributed by atoms with van der Waals surface area (Å²) in [6.45, 7) is 2.56. The molecule has 1 heterocycles. The van der Waals surface area contributed by atoms with Crippen LogP contribution in [-0.4, -0.2) is 30.3 Å². The van der Waals surface area contributed by atoms with Gasteiger partial charge in [-0.2, -0.15) is 4.31 Å². The van der Waals surface area contributed by atoms with E-state index in [0.29, 0.717) is 12.1 Å². The molecule has 0 amide bonds. The predicted octanol–water partition coefficient (Wildman–Crippen LogP) is 2.27. The van der Waals surface area contributed by atoms with Crippen LogP contribution in [-0.2, 0) is 10.0 Å². The van der Waals surface area contributed by atoms with E-state index >= 15 is 0 Å². The van der Waals surface area contributed by atoms with E-state index in [1.807, 2.05) is 6.92 Å². The van der Waals surface area contributed by atoms with Crippen LogP contribution in [0, 0.1) is 0 Å². The van der Waals surface area contributed by atoms with E-state index in [0.717, 1.165) is 25.7 Å². The van der Waals surface area contributed by atoms with Crippen molar-refractivity contribution < 1.29 is 8.42 Å². The number of benzene rings is 1. The Labute approximate surface area is 126 Å². The van der Waals surface area contributed by atoms with Crippen molar-refractivity contribution in [3.05, 3.63) is 29.8 Å². The van der Waals surface area contributed by atoms with E-state index in [1.54, 1.807) is 28.6 Å². The molecule has 1 aromatic rings. The normalized spacial score (nSPS) is 21.4. The molecule has 0 bridgehead atoms. The van der Waals surface area contributed by atoms with Gasteiger partial charge in [0.05, 0.1) is 4.90 Å². The van der Waals surface area contributed by atoms with Crippen molar-refractivity contribution in [2.45, 2.75) is 43.5 Å². The summed E-state index contributed by atoms with van der Waals surface area (Å²) in [6, 6.07) is 6.62. The van der Waals surface area contributed by atoms with Crippen LogP contribution in [0.25, 0.3) is 0 Å². The highest BCUT2D eigenvalue weighted by Gasteiger charge is 2.30. The van der Waals surface area contributed by atoms with Crippen molar-refractivity contribution in [1.82, 2.24) is 4.31 Å². The molecule has 6 heteroatoms. The number of nitrogens with two attached hydrogens (primary N) is 1. The molecule has 4 nitrogen and oxygen atoms in total. The van der Waals surface area contributed by atoms with Crippen molar-refractivity contribution >= 4 is 27.2 Å². The van der Waals surface area contributed by atoms with E-state index < -0.39 is 10.0 Å². The van der Waals surface area contributed by atoms with E-state index in [9.17, 15) is 8.42 Å². The van der Waals surface area contributed by atoms with Gasteiger partial charge in [-0.3, -0.25) is 0 Å². The first-order chi connectivity index (χ1) is 9.43. The molecule has 2 rings (SSSR count). The molecular weight excluding hydrogens is 292 g/mol. The fourth-order valence-electron chi connectivity index (χ4n) is 2.55. The van der Waals surface area contributed by atoms with Gasteiger partial charge in [0.2, 0.25) is 10.0 Å². The first-order valence-electron chi connectivity index (χ1n) is 6.84. The maximum absolute atomic E-state index is 12.8. The largest absolute Gasteiger partial charge is 0.389 e. The molecule has 0 aliphatic carbocycles. The first-order valence-corrected chi connectivity index (χ1v) is 8.69. The average Bonchev–Trinajstić information content (AvgIpc) is 2.64. The maximum atomic E-state index is 12.8. The van der Waals surface area contributed by atoms with E-state index in [1.165, 1.54) is 0 Å².